The fourth-order valence-corrected chi connectivity index (χ4v) is 9.04. The second kappa shape index (κ2) is 10.5. The lowest BCUT2D eigenvalue weighted by Crippen LogP contribution is -2.15. The van der Waals surface area contributed by atoms with Gasteiger partial charge in [0.15, 0.2) is 0 Å². The molecule has 0 fully saturated rings. The number of benzene rings is 8. The molecule has 3 nitrogen and oxygen atoms in total. The second-order valence-corrected chi connectivity index (χ2v) is 14.9. The number of fused-ring (bicyclic) bond motifs is 4. The average Bonchev–Trinajstić information content (AvgIpc) is 3.79. The van der Waals surface area contributed by atoms with Crippen LogP contribution < -0.4 is 0 Å². The van der Waals surface area contributed by atoms with Gasteiger partial charge in [-0.15, -0.1) is 0 Å². The van der Waals surface area contributed by atoms with Crippen molar-refractivity contribution in [3.05, 3.63) is 169 Å². The Morgan fingerprint density at radius 2 is 1.10 bits per heavy atom. The normalized spacial score (nSPS) is 13.4. The van der Waals surface area contributed by atoms with E-state index >= 15 is 0 Å². The maximum Gasteiger partial charge on any atom is 0.140 e. The summed E-state index contributed by atoms with van der Waals surface area (Å²) in [6, 6.07) is 58.0. The molecule has 0 unspecified atom stereocenters. The van der Waals surface area contributed by atoms with Crippen molar-refractivity contribution in [2.24, 2.45) is 7.05 Å². The van der Waals surface area contributed by atoms with E-state index in [-0.39, 0.29) is 5.41 Å². The third-order valence-corrected chi connectivity index (χ3v) is 11.7. The van der Waals surface area contributed by atoms with E-state index in [0.29, 0.717) is 0 Å². The number of hydrogen-bond acceptors (Lipinski definition) is 1. The van der Waals surface area contributed by atoms with Gasteiger partial charge in [-0.3, -0.25) is 0 Å². The summed E-state index contributed by atoms with van der Waals surface area (Å²) >= 11 is 0. The van der Waals surface area contributed by atoms with Gasteiger partial charge in [0.2, 0.25) is 0 Å². The summed E-state index contributed by atoms with van der Waals surface area (Å²) < 4.78 is 4.63. The van der Waals surface area contributed by atoms with E-state index in [1.54, 1.807) is 0 Å². The molecule has 52 heavy (non-hydrogen) atoms. The zero-order valence-electron chi connectivity index (χ0n) is 29.4. The Labute approximate surface area is 302 Å². The molecule has 1 aliphatic carbocycles. The molecule has 1 aliphatic rings. The third-order valence-electron chi connectivity index (χ3n) is 11.7. The molecule has 8 aromatic carbocycles. The summed E-state index contributed by atoms with van der Waals surface area (Å²) in [6.07, 6.45) is 0. The molecule has 2 heterocycles. The van der Waals surface area contributed by atoms with E-state index in [2.05, 4.69) is 182 Å². The van der Waals surface area contributed by atoms with E-state index in [1.807, 2.05) is 6.07 Å². The summed E-state index contributed by atoms with van der Waals surface area (Å²) in [5, 5.41) is 5.23. The van der Waals surface area contributed by atoms with Crippen molar-refractivity contribution in [3.63, 3.8) is 0 Å². The molecule has 3 heteroatoms. The van der Waals surface area contributed by atoms with E-state index in [1.165, 1.54) is 82.8 Å². The van der Waals surface area contributed by atoms with Crippen LogP contribution in [0.2, 0.25) is 0 Å². The average molecular weight is 666 g/mol. The Bertz CT molecular complexity index is 3030. The molecular formula is C49H35N3. The minimum atomic E-state index is -0.154. The highest BCUT2D eigenvalue weighted by molar-refractivity contribution is 6.25. The van der Waals surface area contributed by atoms with Crippen molar-refractivity contribution in [2.75, 3.05) is 0 Å². The number of aromatic nitrogens is 3. The van der Waals surface area contributed by atoms with Gasteiger partial charge in [0.05, 0.1) is 22.1 Å². The fraction of sp³-hybridized carbons (Fsp3) is 0.0816. The molecule has 10 aromatic rings. The number of rotatable bonds is 4. The molecule has 2 aromatic heterocycles. The Kier molecular flexibility index (Phi) is 5.94. The lowest BCUT2D eigenvalue weighted by molar-refractivity contribution is 0.661. The van der Waals surface area contributed by atoms with Crippen LogP contribution in [0.3, 0.4) is 0 Å². The minimum Gasteiger partial charge on any atom is -0.327 e. The van der Waals surface area contributed by atoms with Crippen LogP contribution in [0.4, 0.5) is 0 Å². The Morgan fingerprint density at radius 1 is 0.462 bits per heavy atom. The first kappa shape index (κ1) is 29.3. The SMILES string of the molecule is Cn1c(-c2ccccc2)nc2cc(-c3ccc4c(c3)C(C)(C)c3cc(-c5cc6ccc7cccc8c7c6c(c5)n8-c5ccccc5)ccc3-4)ccc21. The largest absolute Gasteiger partial charge is 0.327 e. The molecule has 0 saturated carbocycles. The molecule has 0 saturated heterocycles. The summed E-state index contributed by atoms with van der Waals surface area (Å²) in [7, 11) is 2.10. The van der Waals surface area contributed by atoms with Gasteiger partial charge in [0, 0.05) is 34.5 Å². The zero-order chi connectivity index (χ0) is 34.7. The Balaban J connectivity index is 1.01. The summed E-state index contributed by atoms with van der Waals surface area (Å²) in [5.41, 5.74) is 17.1. The van der Waals surface area contributed by atoms with E-state index in [4.69, 9.17) is 4.98 Å². The fourth-order valence-electron chi connectivity index (χ4n) is 9.04. The van der Waals surface area contributed by atoms with Crippen molar-refractivity contribution in [1.29, 1.82) is 0 Å². The van der Waals surface area contributed by atoms with Crippen LogP contribution >= 0.6 is 0 Å². The maximum atomic E-state index is 5.07. The van der Waals surface area contributed by atoms with Gasteiger partial charge >= 0.3 is 0 Å². The van der Waals surface area contributed by atoms with Crippen LogP contribution in [0.5, 0.6) is 0 Å². The van der Waals surface area contributed by atoms with E-state index in [0.717, 1.165) is 22.4 Å². The van der Waals surface area contributed by atoms with Gasteiger partial charge < -0.3 is 9.13 Å². The molecule has 0 atom stereocenters. The number of nitrogens with zero attached hydrogens (tertiary/aromatic N) is 3. The number of aryl methyl sites for hydroxylation is 1. The van der Waals surface area contributed by atoms with E-state index in [9.17, 15) is 0 Å². The maximum absolute atomic E-state index is 5.07. The first-order chi connectivity index (χ1) is 25.4. The molecule has 0 amide bonds. The molecule has 0 spiro atoms. The monoisotopic (exact) mass is 665 g/mol. The summed E-state index contributed by atoms with van der Waals surface area (Å²) in [5.74, 6) is 0.986. The topological polar surface area (TPSA) is 22.8 Å². The molecule has 0 N–H and O–H groups in total. The van der Waals surface area contributed by atoms with Crippen LogP contribution in [0.25, 0.3) is 94.1 Å². The minimum absolute atomic E-state index is 0.154. The van der Waals surface area contributed by atoms with Gasteiger partial charge in [0.1, 0.15) is 5.82 Å². The number of imidazole rings is 1. The molecule has 0 aliphatic heterocycles. The summed E-state index contributed by atoms with van der Waals surface area (Å²) in [6.45, 7) is 4.76. The zero-order valence-corrected chi connectivity index (χ0v) is 29.4. The highest BCUT2D eigenvalue weighted by Gasteiger charge is 2.36. The highest BCUT2D eigenvalue weighted by Crippen LogP contribution is 2.51. The van der Waals surface area contributed by atoms with Gasteiger partial charge in [-0.25, -0.2) is 4.98 Å². The summed E-state index contributed by atoms with van der Waals surface area (Å²) in [4.78, 5) is 5.07. The molecule has 11 rings (SSSR count). The Hall–Kier alpha value is -6.45. The molecule has 246 valence electrons. The van der Waals surface area contributed by atoms with Gasteiger partial charge in [-0.05, 0) is 110 Å². The predicted molar refractivity (Wildman–Crippen MR) is 218 cm³/mol. The van der Waals surface area contributed by atoms with Gasteiger partial charge in [-0.1, -0.05) is 117 Å². The lowest BCUT2D eigenvalue weighted by atomic mass is 9.80. The first-order valence-electron chi connectivity index (χ1n) is 18.1. The first-order valence-corrected chi connectivity index (χ1v) is 18.1. The van der Waals surface area contributed by atoms with Crippen LogP contribution in [-0.4, -0.2) is 14.1 Å². The van der Waals surface area contributed by atoms with Crippen molar-refractivity contribution in [3.8, 4) is 50.5 Å². The highest BCUT2D eigenvalue weighted by atomic mass is 15.1. The van der Waals surface area contributed by atoms with Crippen LogP contribution in [0.15, 0.2) is 158 Å². The van der Waals surface area contributed by atoms with Crippen LogP contribution in [0.1, 0.15) is 25.0 Å². The molecule has 0 bridgehead atoms. The lowest BCUT2D eigenvalue weighted by Gasteiger charge is -2.23. The number of para-hydroxylation sites is 1. The second-order valence-electron chi connectivity index (χ2n) is 14.9. The third kappa shape index (κ3) is 4.05. The van der Waals surface area contributed by atoms with Crippen molar-refractivity contribution in [2.45, 2.75) is 19.3 Å². The Morgan fingerprint density at radius 3 is 1.85 bits per heavy atom. The quantitative estimate of drug-likeness (QED) is 0.172. The van der Waals surface area contributed by atoms with Crippen molar-refractivity contribution < 1.29 is 0 Å². The standard InChI is InChI=1S/C49H35N3/c1-49(2)40-26-32(34-21-24-43-42(28-34)50-48(51(43)3)31-11-6-4-7-12-31)19-22-38(40)39-23-20-33(27-41(39)49)36-25-35-18-17-30-13-10-16-44-46(30)47(35)45(29-36)52(44)37-14-8-5-9-15-37/h4-29H,1-3H3. The van der Waals surface area contributed by atoms with Crippen molar-refractivity contribution in [1.82, 2.24) is 14.1 Å². The number of hydrogen-bond donors (Lipinski definition) is 0. The smallest absolute Gasteiger partial charge is 0.140 e. The van der Waals surface area contributed by atoms with Crippen LogP contribution in [0, 0.1) is 0 Å². The predicted octanol–water partition coefficient (Wildman–Crippen LogP) is 12.6. The van der Waals surface area contributed by atoms with E-state index < -0.39 is 0 Å². The van der Waals surface area contributed by atoms with Crippen LogP contribution in [-0.2, 0) is 12.5 Å². The van der Waals surface area contributed by atoms with Gasteiger partial charge in [-0.2, -0.15) is 0 Å². The van der Waals surface area contributed by atoms with Crippen molar-refractivity contribution >= 4 is 43.6 Å². The molecular weight excluding hydrogens is 631 g/mol. The van der Waals surface area contributed by atoms with Gasteiger partial charge in [0.25, 0.3) is 0 Å². The molecule has 0 radical (unpaired) electrons.